The van der Waals surface area contributed by atoms with Gasteiger partial charge < -0.3 is 4.74 Å². The summed E-state index contributed by atoms with van der Waals surface area (Å²) in [6.45, 7) is 2.19. The van der Waals surface area contributed by atoms with Gasteiger partial charge >= 0.3 is 5.97 Å². The maximum atomic E-state index is 10.9. The van der Waals surface area contributed by atoms with Crippen molar-refractivity contribution in [1.82, 2.24) is 0 Å². The standard InChI is InChI=1S/C12H18O2/c1-2-3-4-5-6-8-11-9-7-10-12(13)14-11/h6-9,11H,2-5,10H2,1H3/b8-6+. The highest BCUT2D eigenvalue weighted by Gasteiger charge is 2.11. The minimum Gasteiger partial charge on any atom is -0.454 e. The molecule has 0 aliphatic carbocycles. The van der Waals surface area contributed by atoms with Gasteiger partial charge in [0.15, 0.2) is 0 Å². The van der Waals surface area contributed by atoms with E-state index in [1.54, 1.807) is 0 Å². The Kier molecular flexibility index (Phi) is 5.05. The van der Waals surface area contributed by atoms with Crippen LogP contribution in [-0.2, 0) is 9.53 Å². The van der Waals surface area contributed by atoms with Gasteiger partial charge in [0.1, 0.15) is 6.10 Å². The maximum Gasteiger partial charge on any atom is 0.310 e. The third kappa shape index (κ3) is 4.26. The number of unbranched alkanes of at least 4 members (excludes halogenated alkanes) is 3. The van der Waals surface area contributed by atoms with Gasteiger partial charge in [0.25, 0.3) is 0 Å². The van der Waals surface area contributed by atoms with E-state index in [0.717, 1.165) is 6.42 Å². The van der Waals surface area contributed by atoms with Crippen LogP contribution in [-0.4, -0.2) is 12.1 Å². The molecule has 78 valence electrons. The van der Waals surface area contributed by atoms with E-state index in [-0.39, 0.29) is 12.1 Å². The van der Waals surface area contributed by atoms with Crippen LogP contribution in [0.15, 0.2) is 24.3 Å². The van der Waals surface area contributed by atoms with Crippen molar-refractivity contribution in [2.45, 2.75) is 45.1 Å². The molecule has 0 aromatic rings. The summed E-state index contributed by atoms with van der Waals surface area (Å²) in [4.78, 5) is 10.9. The molecule has 1 atom stereocenters. The summed E-state index contributed by atoms with van der Waals surface area (Å²) in [5, 5.41) is 0. The zero-order valence-electron chi connectivity index (χ0n) is 8.74. The van der Waals surface area contributed by atoms with E-state index >= 15 is 0 Å². The number of cyclic esters (lactones) is 1. The Morgan fingerprint density at radius 3 is 3.14 bits per heavy atom. The van der Waals surface area contributed by atoms with E-state index in [9.17, 15) is 4.79 Å². The number of carbonyl (C=O) groups is 1. The van der Waals surface area contributed by atoms with Gasteiger partial charge in [-0.15, -0.1) is 0 Å². The minimum atomic E-state index is -0.129. The van der Waals surface area contributed by atoms with Gasteiger partial charge in [-0.3, -0.25) is 4.79 Å². The van der Waals surface area contributed by atoms with Crippen molar-refractivity contribution in [3.05, 3.63) is 24.3 Å². The average molecular weight is 194 g/mol. The lowest BCUT2D eigenvalue weighted by molar-refractivity contribution is -0.144. The fraction of sp³-hybridized carbons (Fsp3) is 0.583. The molecule has 2 heteroatoms. The zero-order chi connectivity index (χ0) is 10.2. The number of esters is 1. The number of allylic oxidation sites excluding steroid dienone is 1. The van der Waals surface area contributed by atoms with Crippen LogP contribution in [0.3, 0.4) is 0 Å². The Hall–Kier alpha value is -1.05. The van der Waals surface area contributed by atoms with Crippen molar-refractivity contribution in [3.8, 4) is 0 Å². The average Bonchev–Trinajstić information content (AvgIpc) is 2.18. The Labute approximate surface area is 85.6 Å². The lowest BCUT2D eigenvalue weighted by Crippen LogP contribution is -2.16. The number of hydrogen-bond donors (Lipinski definition) is 0. The summed E-state index contributed by atoms with van der Waals surface area (Å²) < 4.78 is 5.08. The SMILES string of the molecule is CCCCC/C=C/C1C=CCC(=O)O1. The van der Waals surface area contributed by atoms with Crippen LogP contribution in [0.2, 0.25) is 0 Å². The molecule has 0 aromatic heterocycles. The normalized spacial score (nSPS) is 21.5. The summed E-state index contributed by atoms with van der Waals surface area (Å²) in [5.74, 6) is -0.129. The highest BCUT2D eigenvalue weighted by Crippen LogP contribution is 2.08. The number of rotatable bonds is 5. The zero-order valence-corrected chi connectivity index (χ0v) is 8.74. The molecule has 0 amide bonds. The third-order valence-electron chi connectivity index (χ3n) is 2.18. The first-order valence-corrected chi connectivity index (χ1v) is 5.35. The highest BCUT2D eigenvalue weighted by molar-refractivity contribution is 5.72. The van der Waals surface area contributed by atoms with Crippen LogP contribution >= 0.6 is 0 Å². The first-order chi connectivity index (χ1) is 6.83. The molecule has 14 heavy (non-hydrogen) atoms. The third-order valence-corrected chi connectivity index (χ3v) is 2.18. The first kappa shape index (κ1) is 11.0. The molecule has 1 unspecified atom stereocenters. The van der Waals surface area contributed by atoms with Crippen LogP contribution in [0, 0.1) is 0 Å². The molecule has 0 radical (unpaired) electrons. The van der Waals surface area contributed by atoms with E-state index in [4.69, 9.17) is 4.74 Å². The smallest absolute Gasteiger partial charge is 0.310 e. The Morgan fingerprint density at radius 2 is 2.43 bits per heavy atom. The molecule has 0 saturated carbocycles. The van der Waals surface area contributed by atoms with Crippen molar-refractivity contribution in [2.75, 3.05) is 0 Å². The predicted octanol–water partition coefficient (Wildman–Crippen LogP) is 2.99. The van der Waals surface area contributed by atoms with Crippen molar-refractivity contribution in [2.24, 2.45) is 0 Å². The molecule has 0 bridgehead atoms. The van der Waals surface area contributed by atoms with E-state index in [1.165, 1.54) is 19.3 Å². The Balaban J connectivity index is 2.19. The largest absolute Gasteiger partial charge is 0.454 e. The molecule has 1 heterocycles. The molecular weight excluding hydrogens is 176 g/mol. The van der Waals surface area contributed by atoms with Gasteiger partial charge in [0.2, 0.25) is 0 Å². The van der Waals surface area contributed by atoms with Crippen LogP contribution in [0.1, 0.15) is 39.0 Å². The molecule has 1 rings (SSSR count). The summed E-state index contributed by atoms with van der Waals surface area (Å²) in [6, 6.07) is 0. The van der Waals surface area contributed by atoms with E-state index in [2.05, 4.69) is 13.0 Å². The molecule has 0 fully saturated rings. The first-order valence-electron chi connectivity index (χ1n) is 5.35. The van der Waals surface area contributed by atoms with Crippen LogP contribution in [0.5, 0.6) is 0 Å². The second-order valence-corrected chi connectivity index (χ2v) is 3.51. The van der Waals surface area contributed by atoms with Crippen LogP contribution < -0.4 is 0 Å². The van der Waals surface area contributed by atoms with Gasteiger partial charge in [-0.1, -0.05) is 31.9 Å². The summed E-state index contributed by atoms with van der Waals surface area (Å²) in [6.07, 6.45) is 13.0. The second kappa shape index (κ2) is 6.41. The summed E-state index contributed by atoms with van der Waals surface area (Å²) in [7, 11) is 0. The maximum absolute atomic E-state index is 10.9. The van der Waals surface area contributed by atoms with Crippen molar-refractivity contribution >= 4 is 5.97 Å². The fourth-order valence-corrected chi connectivity index (χ4v) is 1.38. The molecular formula is C12H18O2. The summed E-state index contributed by atoms with van der Waals surface area (Å²) >= 11 is 0. The quantitative estimate of drug-likeness (QED) is 0.382. The molecule has 1 aliphatic heterocycles. The van der Waals surface area contributed by atoms with Crippen molar-refractivity contribution < 1.29 is 9.53 Å². The van der Waals surface area contributed by atoms with Crippen LogP contribution in [0.25, 0.3) is 0 Å². The monoisotopic (exact) mass is 194 g/mol. The Bertz CT molecular complexity index is 228. The number of hydrogen-bond acceptors (Lipinski definition) is 2. The summed E-state index contributed by atoms with van der Waals surface area (Å²) in [5.41, 5.74) is 0. The topological polar surface area (TPSA) is 26.3 Å². The van der Waals surface area contributed by atoms with E-state index in [0.29, 0.717) is 6.42 Å². The molecule has 0 aromatic carbocycles. The minimum absolute atomic E-state index is 0.127. The molecule has 1 aliphatic rings. The van der Waals surface area contributed by atoms with Crippen molar-refractivity contribution in [3.63, 3.8) is 0 Å². The lowest BCUT2D eigenvalue weighted by Gasteiger charge is -2.13. The fourth-order valence-electron chi connectivity index (χ4n) is 1.38. The van der Waals surface area contributed by atoms with Crippen LogP contribution in [0.4, 0.5) is 0 Å². The number of ether oxygens (including phenoxy) is 1. The van der Waals surface area contributed by atoms with Gasteiger partial charge in [0.05, 0.1) is 6.42 Å². The molecule has 0 spiro atoms. The second-order valence-electron chi connectivity index (χ2n) is 3.51. The Morgan fingerprint density at radius 1 is 1.57 bits per heavy atom. The van der Waals surface area contributed by atoms with E-state index < -0.39 is 0 Å². The van der Waals surface area contributed by atoms with Gasteiger partial charge in [-0.25, -0.2) is 0 Å². The molecule has 2 nitrogen and oxygen atoms in total. The van der Waals surface area contributed by atoms with Crippen molar-refractivity contribution in [1.29, 1.82) is 0 Å². The van der Waals surface area contributed by atoms with E-state index in [1.807, 2.05) is 18.2 Å². The van der Waals surface area contributed by atoms with Gasteiger partial charge in [-0.2, -0.15) is 0 Å². The predicted molar refractivity (Wildman–Crippen MR) is 56.9 cm³/mol. The highest BCUT2D eigenvalue weighted by atomic mass is 16.5. The molecule has 0 N–H and O–H groups in total. The lowest BCUT2D eigenvalue weighted by atomic mass is 10.1. The van der Waals surface area contributed by atoms with Gasteiger partial charge in [-0.05, 0) is 25.0 Å². The number of carbonyl (C=O) groups excluding carboxylic acids is 1. The molecule has 0 saturated heterocycles. The van der Waals surface area contributed by atoms with Gasteiger partial charge in [0, 0.05) is 0 Å².